The van der Waals surface area contributed by atoms with Crippen molar-refractivity contribution in [3.8, 4) is 5.69 Å². The second-order valence-electron chi connectivity index (χ2n) is 10.4. The maximum atomic E-state index is 5.24. The Bertz CT molecular complexity index is 1660. The van der Waals surface area contributed by atoms with Crippen molar-refractivity contribution in [2.75, 3.05) is 0 Å². The van der Waals surface area contributed by atoms with Crippen molar-refractivity contribution in [3.05, 3.63) is 123 Å². The second kappa shape index (κ2) is 8.90. The van der Waals surface area contributed by atoms with Gasteiger partial charge in [-0.2, -0.15) is 0 Å². The smallest absolute Gasteiger partial charge is 0.194 e. The molecule has 1 aromatic heterocycles. The van der Waals surface area contributed by atoms with E-state index < -0.39 is 0 Å². The minimum atomic E-state index is 0.00789. The lowest BCUT2D eigenvalue weighted by molar-refractivity contribution is 0.290. The van der Waals surface area contributed by atoms with Crippen LogP contribution in [0, 0.1) is 27.7 Å². The van der Waals surface area contributed by atoms with Crippen LogP contribution in [0.5, 0.6) is 0 Å². The molecular formula is C33H32N2S. The summed E-state index contributed by atoms with van der Waals surface area (Å²) in [5.41, 5.74) is 10.1. The number of hydrogen-bond acceptors (Lipinski definition) is 2. The molecule has 1 heterocycles. The highest BCUT2D eigenvalue weighted by Crippen LogP contribution is 2.50. The highest BCUT2D eigenvalue weighted by molar-refractivity contribution is 7.07. The van der Waals surface area contributed by atoms with Crippen molar-refractivity contribution in [2.45, 2.75) is 52.4 Å². The quantitative estimate of drug-likeness (QED) is 0.241. The van der Waals surface area contributed by atoms with E-state index in [1.807, 2.05) is 0 Å². The van der Waals surface area contributed by atoms with E-state index in [1.165, 1.54) is 56.4 Å². The molecule has 1 aliphatic carbocycles. The van der Waals surface area contributed by atoms with Crippen LogP contribution in [-0.4, -0.2) is 4.57 Å². The van der Waals surface area contributed by atoms with Gasteiger partial charge in [0.2, 0.25) is 0 Å². The van der Waals surface area contributed by atoms with Crippen LogP contribution >= 0.6 is 11.3 Å². The van der Waals surface area contributed by atoms with Crippen LogP contribution in [0.15, 0.2) is 89.2 Å². The third-order valence-electron chi connectivity index (χ3n) is 7.87. The molecule has 0 atom stereocenters. The van der Waals surface area contributed by atoms with E-state index in [0.29, 0.717) is 0 Å². The van der Waals surface area contributed by atoms with Gasteiger partial charge in [-0.3, -0.25) is 4.57 Å². The normalized spacial score (nSPS) is 15.3. The van der Waals surface area contributed by atoms with Gasteiger partial charge in [0.05, 0.1) is 11.4 Å². The third-order valence-corrected chi connectivity index (χ3v) is 8.70. The second-order valence-corrected chi connectivity index (χ2v) is 11.3. The number of hydrogen-bond donors (Lipinski definition) is 0. The Morgan fingerprint density at radius 3 is 2.17 bits per heavy atom. The summed E-state index contributed by atoms with van der Waals surface area (Å²) in [6.45, 7) is 8.69. The molecule has 4 aromatic carbocycles. The van der Waals surface area contributed by atoms with Crippen molar-refractivity contribution in [1.82, 2.24) is 4.57 Å². The first kappa shape index (κ1) is 23.0. The molecule has 0 amide bonds. The number of rotatable bonds is 4. The van der Waals surface area contributed by atoms with Gasteiger partial charge in [0, 0.05) is 16.5 Å². The van der Waals surface area contributed by atoms with Crippen molar-refractivity contribution in [3.63, 3.8) is 0 Å². The fourth-order valence-corrected chi connectivity index (χ4v) is 6.75. The minimum absolute atomic E-state index is 0.00789. The summed E-state index contributed by atoms with van der Waals surface area (Å²) in [5, 5.41) is 4.99. The summed E-state index contributed by atoms with van der Waals surface area (Å²) in [7, 11) is 0. The zero-order valence-corrected chi connectivity index (χ0v) is 22.3. The average molecular weight is 489 g/mol. The largest absolute Gasteiger partial charge is 0.288 e. The highest BCUT2D eigenvalue weighted by atomic mass is 32.1. The molecule has 0 aliphatic heterocycles. The number of aryl methyl sites for hydroxylation is 4. The number of fused-ring (bicyclic) bond motifs is 1. The summed E-state index contributed by atoms with van der Waals surface area (Å²) in [6, 6.07) is 29.1. The lowest BCUT2D eigenvalue weighted by atomic mass is 9.62. The van der Waals surface area contributed by atoms with Crippen LogP contribution in [0.3, 0.4) is 0 Å². The first-order valence-electron chi connectivity index (χ1n) is 12.8. The molecule has 0 radical (unpaired) electrons. The van der Waals surface area contributed by atoms with E-state index in [0.717, 1.165) is 23.3 Å². The number of benzene rings is 4. The maximum Gasteiger partial charge on any atom is 0.194 e. The summed E-state index contributed by atoms with van der Waals surface area (Å²) < 4.78 is 2.45. The maximum absolute atomic E-state index is 5.24. The molecule has 0 saturated heterocycles. The van der Waals surface area contributed by atoms with Gasteiger partial charge in [-0.05, 0) is 80.1 Å². The van der Waals surface area contributed by atoms with Crippen molar-refractivity contribution < 1.29 is 0 Å². The number of thiazole rings is 1. The molecule has 1 aliphatic rings. The molecule has 5 aromatic rings. The molecular weight excluding hydrogens is 456 g/mol. The Labute approximate surface area is 217 Å². The molecule has 1 fully saturated rings. The highest BCUT2D eigenvalue weighted by Gasteiger charge is 2.43. The Balaban J connectivity index is 1.61. The number of aromatic nitrogens is 1. The third kappa shape index (κ3) is 3.83. The Kier molecular flexibility index (Phi) is 5.69. The zero-order valence-electron chi connectivity index (χ0n) is 21.5. The molecule has 2 nitrogen and oxygen atoms in total. The predicted molar refractivity (Wildman–Crippen MR) is 153 cm³/mol. The molecule has 3 heteroatoms. The van der Waals surface area contributed by atoms with Gasteiger partial charge in [0.1, 0.15) is 0 Å². The molecule has 0 N–H and O–H groups in total. The van der Waals surface area contributed by atoms with Crippen LogP contribution in [0.25, 0.3) is 16.5 Å². The summed E-state index contributed by atoms with van der Waals surface area (Å²) in [4.78, 5) is 6.28. The van der Waals surface area contributed by atoms with Crippen molar-refractivity contribution in [1.29, 1.82) is 0 Å². The topological polar surface area (TPSA) is 17.3 Å². The zero-order chi connectivity index (χ0) is 24.9. The molecule has 6 rings (SSSR count). The van der Waals surface area contributed by atoms with Gasteiger partial charge >= 0.3 is 0 Å². The summed E-state index contributed by atoms with van der Waals surface area (Å²) in [6.07, 6.45) is 3.57. The standard InChI is InChI=1S/C33H32N2S/c1-22-10-14-29(24(3)18-22)34-32-35(30-15-11-23(2)19-25(30)4)31(21-36-32)33(16-7-17-33)28-13-12-26-8-5-6-9-27(26)20-28/h5-6,8-15,18-21H,7,16-17H2,1-4H3/b34-32+. The van der Waals surface area contributed by atoms with Gasteiger partial charge in [-0.1, -0.05) is 84.3 Å². The van der Waals surface area contributed by atoms with Crippen LogP contribution in [0.4, 0.5) is 5.69 Å². The Morgan fingerprint density at radius 2 is 1.47 bits per heavy atom. The van der Waals surface area contributed by atoms with Crippen LogP contribution < -0.4 is 4.80 Å². The Morgan fingerprint density at radius 1 is 0.750 bits per heavy atom. The first-order chi connectivity index (χ1) is 17.4. The molecule has 0 unspecified atom stereocenters. The fourth-order valence-electron chi connectivity index (χ4n) is 5.75. The number of nitrogens with zero attached hydrogens (tertiary/aromatic N) is 2. The lowest BCUT2D eigenvalue weighted by Crippen LogP contribution is -2.38. The van der Waals surface area contributed by atoms with Gasteiger partial charge < -0.3 is 0 Å². The first-order valence-corrected chi connectivity index (χ1v) is 13.7. The van der Waals surface area contributed by atoms with Crippen LogP contribution in [0.1, 0.15) is 52.8 Å². The Hall–Kier alpha value is -3.43. The average Bonchev–Trinajstić information content (AvgIpc) is 3.23. The molecule has 36 heavy (non-hydrogen) atoms. The van der Waals surface area contributed by atoms with E-state index in [9.17, 15) is 0 Å². The van der Waals surface area contributed by atoms with E-state index in [-0.39, 0.29) is 5.41 Å². The van der Waals surface area contributed by atoms with Gasteiger partial charge in [0.25, 0.3) is 0 Å². The molecule has 0 bridgehead atoms. The summed E-state index contributed by atoms with van der Waals surface area (Å²) >= 11 is 1.76. The van der Waals surface area contributed by atoms with Gasteiger partial charge in [-0.15, -0.1) is 11.3 Å². The van der Waals surface area contributed by atoms with E-state index >= 15 is 0 Å². The van der Waals surface area contributed by atoms with Gasteiger partial charge in [0.15, 0.2) is 4.80 Å². The lowest BCUT2D eigenvalue weighted by Gasteiger charge is -2.43. The van der Waals surface area contributed by atoms with Crippen molar-refractivity contribution >= 4 is 27.8 Å². The van der Waals surface area contributed by atoms with Crippen LogP contribution in [-0.2, 0) is 5.41 Å². The molecule has 0 spiro atoms. The van der Waals surface area contributed by atoms with E-state index in [4.69, 9.17) is 4.99 Å². The molecule has 180 valence electrons. The van der Waals surface area contributed by atoms with Crippen LogP contribution in [0.2, 0.25) is 0 Å². The fraction of sp³-hybridized carbons (Fsp3) is 0.242. The molecule has 1 saturated carbocycles. The van der Waals surface area contributed by atoms with E-state index in [1.54, 1.807) is 11.3 Å². The SMILES string of the molecule is Cc1ccc(/N=c2/scc(C3(c4ccc5ccccc5c4)CCC3)n2-c2ccc(C)cc2C)c(C)c1. The van der Waals surface area contributed by atoms with Gasteiger partial charge in [-0.25, -0.2) is 4.99 Å². The minimum Gasteiger partial charge on any atom is -0.288 e. The predicted octanol–water partition coefficient (Wildman–Crippen LogP) is 8.63. The van der Waals surface area contributed by atoms with E-state index in [2.05, 4.69) is 117 Å². The van der Waals surface area contributed by atoms with Crippen molar-refractivity contribution in [2.24, 2.45) is 4.99 Å². The summed E-state index contributed by atoms with van der Waals surface area (Å²) in [5.74, 6) is 0. The monoisotopic (exact) mass is 488 g/mol.